The molecule has 3 N–H and O–H groups in total. The molecule has 0 heterocycles. The van der Waals surface area contributed by atoms with Crippen molar-refractivity contribution in [3.8, 4) is 5.75 Å². The van der Waals surface area contributed by atoms with Crippen LogP contribution in [0, 0.1) is 5.41 Å². The van der Waals surface area contributed by atoms with E-state index in [2.05, 4.69) is 17.6 Å². The van der Waals surface area contributed by atoms with E-state index in [1.165, 1.54) is 32.1 Å². The first-order chi connectivity index (χ1) is 13.3. The van der Waals surface area contributed by atoms with Crippen LogP contribution in [0.2, 0.25) is 0 Å². The van der Waals surface area contributed by atoms with E-state index in [0.717, 1.165) is 57.2 Å². The Morgan fingerprint density at radius 1 is 1.11 bits per heavy atom. The number of para-hydroxylation sites is 1. The van der Waals surface area contributed by atoms with Crippen LogP contribution in [0.3, 0.4) is 0 Å². The molecule has 5 nitrogen and oxygen atoms in total. The zero-order chi connectivity index (χ0) is 19.2. The molecule has 1 aliphatic rings. The van der Waals surface area contributed by atoms with Crippen molar-refractivity contribution in [1.82, 2.24) is 10.6 Å². The molecule has 2 rings (SSSR count). The average molecular weight is 376 g/mol. The number of rotatable bonds is 11. The number of guanidine groups is 1. The molecule has 27 heavy (non-hydrogen) atoms. The minimum atomic E-state index is 0.193. The number of aliphatic hydroxyl groups excluding tert-OH is 1. The van der Waals surface area contributed by atoms with Gasteiger partial charge >= 0.3 is 0 Å². The third kappa shape index (κ3) is 8.21. The Labute approximate surface area is 164 Å². The van der Waals surface area contributed by atoms with Crippen molar-refractivity contribution < 1.29 is 9.84 Å². The van der Waals surface area contributed by atoms with Gasteiger partial charge in [-0.15, -0.1) is 0 Å². The van der Waals surface area contributed by atoms with E-state index in [-0.39, 0.29) is 12.0 Å². The average Bonchev–Trinajstić information content (AvgIpc) is 2.70. The summed E-state index contributed by atoms with van der Waals surface area (Å²) in [7, 11) is 0. The smallest absolute Gasteiger partial charge is 0.191 e. The van der Waals surface area contributed by atoms with Crippen molar-refractivity contribution in [1.29, 1.82) is 0 Å². The standard InChI is InChI=1S/C22H37N3O2/c1-2-23-21(25-19-22(15-17-26)13-7-4-8-14-22)24-16-9-10-18-27-20-11-5-3-6-12-20/h3,5-6,11-12,26H,2,4,7-10,13-19H2,1H3,(H2,23,24,25). The number of hydrogen-bond acceptors (Lipinski definition) is 3. The second-order valence-electron chi connectivity index (χ2n) is 7.52. The monoisotopic (exact) mass is 375 g/mol. The van der Waals surface area contributed by atoms with Crippen LogP contribution in [0.1, 0.15) is 58.3 Å². The molecular weight excluding hydrogens is 338 g/mol. The molecular formula is C22H37N3O2. The van der Waals surface area contributed by atoms with Gasteiger partial charge in [0.15, 0.2) is 5.96 Å². The largest absolute Gasteiger partial charge is 0.494 e. The van der Waals surface area contributed by atoms with Gasteiger partial charge in [-0.1, -0.05) is 37.5 Å². The molecule has 0 aromatic heterocycles. The van der Waals surface area contributed by atoms with Gasteiger partial charge in [0.25, 0.3) is 0 Å². The van der Waals surface area contributed by atoms with Crippen LogP contribution < -0.4 is 15.4 Å². The van der Waals surface area contributed by atoms with Gasteiger partial charge in [0.05, 0.1) is 6.61 Å². The van der Waals surface area contributed by atoms with Crippen molar-refractivity contribution >= 4 is 5.96 Å². The Morgan fingerprint density at radius 2 is 1.89 bits per heavy atom. The lowest BCUT2D eigenvalue weighted by Crippen LogP contribution is -2.39. The fraction of sp³-hybridized carbons (Fsp3) is 0.682. The second kappa shape index (κ2) is 12.6. The maximum Gasteiger partial charge on any atom is 0.191 e. The van der Waals surface area contributed by atoms with Crippen LogP contribution >= 0.6 is 0 Å². The molecule has 0 aliphatic heterocycles. The molecule has 0 spiro atoms. The van der Waals surface area contributed by atoms with Gasteiger partial charge in [0, 0.05) is 26.2 Å². The summed E-state index contributed by atoms with van der Waals surface area (Å²) in [5, 5.41) is 16.2. The number of hydrogen-bond donors (Lipinski definition) is 3. The summed E-state index contributed by atoms with van der Waals surface area (Å²) in [4.78, 5) is 4.85. The molecule has 0 atom stereocenters. The molecule has 0 radical (unpaired) electrons. The summed E-state index contributed by atoms with van der Waals surface area (Å²) in [6, 6.07) is 9.96. The van der Waals surface area contributed by atoms with Gasteiger partial charge in [-0.2, -0.15) is 0 Å². The second-order valence-corrected chi connectivity index (χ2v) is 7.52. The Hall–Kier alpha value is -1.75. The molecule has 5 heteroatoms. The van der Waals surface area contributed by atoms with Gasteiger partial charge < -0.3 is 20.5 Å². The van der Waals surface area contributed by atoms with E-state index in [0.29, 0.717) is 0 Å². The highest BCUT2D eigenvalue weighted by Gasteiger charge is 2.31. The number of aliphatic imine (C=N–C) groups is 1. The lowest BCUT2D eigenvalue weighted by molar-refractivity contribution is 0.137. The van der Waals surface area contributed by atoms with E-state index in [9.17, 15) is 5.11 Å². The predicted molar refractivity (Wildman–Crippen MR) is 112 cm³/mol. The summed E-state index contributed by atoms with van der Waals surface area (Å²) in [5.41, 5.74) is 0.193. The first kappa shape index (κ1) is 21.5. The van der Waals surface area contributed by atoms with Gasteiger partial charge in [0.1, 0.15) is 5.75 Å². The van der Waals surface area contributed by atoms with E-state index in [1.807, 2.05) is 30.3 Å². The summed E-state index contributed by atoms with van der Waals surface area (Å²) in [5.74, 6) is 1.83. The predicted octanol–water partition coefficient (Wildman–Crippen LogP) is 3.73. The summed E-state index contributed by atoms with van der Waals surface area (Å²) in [6.45, 7) is 5.64. The number of aliphatic hydroxyl groups is 1. The van der Waals surface area contributed by atoms with Crippen molar-refractivity contribution in [2.75, 3.05) is 32.8 Å². The fourth-order valence-corrected chi connectivity index (χ4v) is 3.76. The molecule has 0 unspecified atom stereocenters. The number of nitrogens with one attached hydrogen (secondary N) is 2. The molecule has 1 saturated carbocycles. The van der Waals surface area contributed by atoms with Gasteiger partial charge in [-0.3, -0.25) is 4.99 Å². The van der Waals surface area contributed by atoms with Crippen molar-refractivity contribution in [2.45, 2.75) is 58.3 Å². The highest BCUT2D eigenvalue weighted by molar-refractivity contribution is 5.79. The van der Waals surface area contributed by atoms with Gasteiger partial charge in [0.2, 0.25) is 0 Å². The third-order valence-corrected chi connectivity index (χ3v) is 5.35. The summed E-state index contributed by atoms with van der Waals surface area (Å²) in [6.07, 6.45) is 9.14. The van der Waals surface area contributed by atoms with Gasteiger partial charge in [-0.05, 0) is 56.6 Å². The lowest BCUT2D eigenvalue weighted by atomic mass is 9.72. The number of benzene rings is 1. The van der Waals surface area contributed by atoms with Crippen LogP contribution in [0.4, 0.5) is 0 Å². The maximum absolute atomic E-state index is 9.47. The van der Waals surface area contributed by atoms with Crippen LogP contribution in [0.25, 0.3) is 0 Å². The van der Waals surface area contributed by atoms with E-state index < -0.39 is 0 Å². The number of ether oxygens (including phenoxy) is 1. The highest BCUT2D eigenvalue weighted by Crippen LogP contribution is 2.39. The Kier molecular flexibility index (Phi) is 10.1. The zero-order valence-corrected chi connectivity index (χ0v) is 16.9. The number of unbranched alkanes of at least 4 members (excludes halogenated alkanes) is 1. The molecule has 1 fully saturated rings. The molecule has 1 aromatic rings. The molecule has 0 saturated heterocycles. The minimum Gasteiger partial charge on any atom is -0.494 e. The third-order valence-electron chi connectivity index (χ3n) is 5.35. The topological polar surface area (TPSA) is 65.9 Å². The Morgan fingerprint density at radius 3 is 2.59 bits per heavy atom. The minimum absolute atomic E-state index is 0.193. The van der Waals surface area contributed by atoms with E-state index in [1.54, 1.807) is 0 Å². The Bertz CT molecular complexity index is 522. The van der Waals surface area contributed by atoms with Crippen LogP contribution in [-0.4, -0.2) is 43.9 Å². The first-order valence-electron chi connectivity index (χ1n) is 10.6. The highest BCUT2D eigenvalue weighted by atomic mass is 16.5. The molecule has 1 aromatic carbocycles. The first-order valence-corrected chi connectivity index (χ1v) is 10.6. The number of nitrogens with zero attached hydrogens (tertiary/aromatic N) is 1. The van der Waals surface area contributed by atoms with Crippen molar-refractivity contribution in [3.63, 3.8) is 0 Å². The van der Waals surface area contributed by atoms with Crippen LogP contribution in [0.5, 0.6) is 5.75 Å². The van der Waals surface area contributed by atoms with Crippen molar-refractivity contribution in [3.05, 3.63) is 30.3 Å². The van der Waals surface area contributed by atoms with Crippen LogP contribution in [0.15, 0.2) is 35.3 Å². The molecule has 0 bridgehead atoms. The molecule has 152 valence electrons. The maximum atomic E-state index is 9.47. The van der Waals surface area contributed by atoms with Crippen molar-refractivity contribution in [2.24, 2.45) is 10.4 Å². The quantitative estimate of drug-likeness (QED) is 0.313. The molecule has 0 amide bonds. The molecule has 1 aliphatic carbocycles. The normalized spacial score (nSPS) is 16.7. The van der Waals surface area contributed by atoms with Gasteiger partial charge in [-0.25, -0.2) is 0 Å². The van der Waals surface area contributed by atoms with E-state index >= 15 is 0 Å². The fourth-order valence-electron chi connectivity index (χ4n) is 3.76. The zero-order valence-electron chi connectivity index (χ0n) is 16.9. The SMILES string of the molecule is CCNC(=NCC1(CCO)CCCCC1)NCCCCOc1ccccc1. The Balaban J connectivity index is 1.71. The lowest BCUT2D eigenvalue weighted by Gasteiger charge is -2.35. The van der Waals surface area contributed by atoms with Crippen LogP contribution in [-0.2, 0) is 0 Å². The summed E-state index contributed by atoms with van der Waals surface area (Å²) < 4.78 is 5.73. The van der Waals surface area contributed by atoms with E-state index in [4.69, 9.17) is 9.73 Å². The summed E-state index contributed by atoms with van der Waals surface area (Å²) >= 11 is 0.